The summed E-state index contributed by atoms with van der Waals surface area (Å²) in [6.45, 7) is 11.3. The number of hydrogen-bond acceptors (Lipinski definition) is 14. The third-order valence-electron chi connectivity index (χ3n) is 14.2. The summed E-state index contributed by atoms with van der Waals surface area (Å²) in [5, 5.41) is 64.1. The molecule has 2 amide bonds. The van der Waals surface area contributed by atoms with Crippen molar-refractivity contribution in [3.8, 4) is 22.9 Å². The lowest BCUT2D eigenvalue weighted by atomic mass is 10.1. The van der Waals surface area contributed by atoms with Crippen LogP contribution in [0.25, 0.3) is 28.7 Å². The first-order chi connectivity index (χ1) is 42.1. The van der Waals surface area contributed by atoms with Crippen LogP contribution in [0.3, 0.4) is 0 Å². The summed E-state index contributed by atoms with van der Waals surface area (Å²) in [5.41, 5.74) is 8.69. The molecular formula is C66H62N8O14. The van der Waals surface area contributed by atoms with Crippen molar-refractivity contribution < 1.29 is 63.8 Å². The molecule has 1 unspecified atom stereocenters. The van der Waals surface area contributed by atoms with Gasteiger partial charge in [-0.15, -0.1) is 0 Å². The number of H-pyrrole nitrogens is 1. The molecule has 22 nitrogen and oxygen atoms in total. The number of carbonyl (C=O) groups is 6. The molecule has 2 aliphatic heterocycles. The molecule has 0 bridgehead atoms. The lowest BCUT2D eigenvalue weighted by Gasteiger charge is -2.12. The van der Waals surface area contributed by atoms with Gasteiger partial charge in [-0.05, 0) is 173 Å². The molecule has 0 radical (unpaired) electrons. The Morgan fingerprint density at radius 2 is 1.19 bits per heavy atom. The quantitative estimate of drug-likeness (QED) is 0.0147. The number of nitrogens with one attached hydrogen (secondary N) is 2. The predicted octanol–water partition coefficient (Wildman–Crippen LogP) is 10.8. The smallest absolute Gasteiger partial charge is 0.335 e. The Labute approximate surface area is 504 Å². The van der Waals surface area contributed by atoms with Crippen LogP contribution in [0.5, 0.6) is 17.2 Å². The lowest BCUT2D eigenvalue weighted by molar-refractivity contribution is -0.143. The number of hydrogen-bond donors (Lipinski definition) is 7. The average Bonchev–Trinajstić information content (AvgIpc) is 2.28. The van der Waals surface area contributed by atoms with Gasteiger partial charge < -0.3 is 44.9 Å². The SMILES string of the molecule is CC1=NN(c2ccc(C(=O)O)cc2)C(=O)C1=CC=Cc1c(C)[nH]n(-c2ccc(C(=O)O)cc2)c1=O.CCc1cc(CC)cc(OCNc2cc(O)ccc2O)c1.COC(=O)C(C)n1cc(/C=C2\C(=O)N(c3ccc(C(=O)O)cc3)N=C2C)c2ccccc21. The summed E-state index contributed by atoms with van der Waals surface area (Å²) in [6.07, 6.45) is 10.2. The van der Waals surface area contributed by atoms with Crippen LogP contribution < -0.4 is 25.6 Å². The average molecular weight is 1190 g/mol. The number of aromatic amines is 1. The fourth-order valence-corrected chi connectivity index (χ4v) is 9.36. The van der Waals surface area contributed by atoms with Gasteiger partial charge in [0.2, 0.25) is 0 Å². The van der Waals surface area contributed by atoms with E-state index in [2.05, 4.69) is 40.5 Å². The highest BCUT2D eigenvalue weighted by molar-refractivity contribution is 6.32. The molecule has 1 atom stereocenters. The van der Waals surface area contributed by atoms with Crippen molar-refractivity contribution >= 4 is 87.2 Å². The van der Waals surface area contributed by atoms with E-state index in [9.17, 15) is 43.8 Å². The van der Waals surface area contributed by atoms with E-state index >= 15 is 0 Å². The van der Waals surface area contributed by atoms with E-state index in [0.717, 1.165) is 35.1 Å². The summed E-state index contributed by atoms with van der Waals surface area (Å²) in [4.78, 5) is 84.1. The van der Waals surface area contributed by atoms with Crippen molar-refractivity contribution in [2.45, 2.75) is 60.4 Å². The van der Waals surface area contributed by atoms with Crippen LogP contribution in [0.2, 0.25) is 0 Å². The maximum Gasteiger partial charge on any atom is 0.335 e. The number of phenolic OH excluding ortho intramolecular Hbond substituents is 2. The number of amides is 2. The number of aromatic nitrogens is 3. The van der Waals surface area contributed by atoms with Crippen LogP contribution in [-0.4, -0.2) is 101 Å². The number of carboxylic acids is 3. The summed E-state index contributed by atoms with van der Waals surface area (Å²) in [7, 11) is 1.35. The number of benzene rings is 6. The molecule has 0 spiro atoms. The van der Waals surface area contributed by atoms with Crippen molar-refractivity contribution in [1.29, 1.82) is 0 Å². The number of rotatable bonds is 17. The highest BCUT2D eigenvalue weighted by Crippen LogP contribution is 2.32. The van der Waals surface area contributed by atoms with Gasteiger partial charge in [-0.3, -0.25) is 19.5 Å². The number of carboxylic acid groups (broad SMARTS) is 3. The Hall–Kier alpha value is -11.6. The highest BCUT2D eigenvalue weighted by Gasteiger charge is 2.31. The van der Waals surface area contributed by atoms with E-state index in [4.69, 9.17) is 24.8 Å². The predicted molar refractivity (Wildman–Crippen MR) is 334 cm³/mol. The molecule has 0 aliphatic carbocycles. The standard InChI is InChI=1S/C25H20N4O6.C24H21N3O5.C17H21NO3/c1-14-20(22(30)28(26-14)18-10-6-16(7-11-18)24(32)33)4-3-5-21-15(2)27-29(23(21)31)19-12-8-17(9-13-19)25(34)35;1-14-20(22(28)27(25-14)18-10-8-16(9-11-18)23(29)30)12-17-13-26(15(2)24(31)32-3)21-7-5-4-6-19(17)21;1-3-12-7-13(4-2)9-15(8-12)21-11-18-16-10-14(19)5-6-17(16)20/h3-13,26H,1-2H3,(H,32,33)(H,34,35);4-13,15H,1-3H3,(H,29,30);5-10,18-20H,3-4,11H2,1-2H3/b;20-12-;. The molecule has 88 heavy (non-hydrogen) atoms. The van der Waals surface area contributed by atoms with Gasteiger partial charge in [-0.2, -0.15) is 20.2 Å². The monoisotopic (exact) mass is 1190 g/mol. The van der Waals surface area contributed by atoms with Gasteiger partial charge in [0.05, 0.1) is 74.7 Å². The van der Waals surface area contributed by atoms with Crippen molar-refractivity contribution in [3.63, 3.8) is 0 Å². The van der Waals surface area contributed by atoms with E-state index < -0.39 is 23.9 Å². The molecule has 2 aromatic heterocycles. The second-order valence-electron chi connectivity index (χ2n) is 20.0. The molecule has 22 heteroatoms. The van der Waals surface area contributed by atoms with Crippen molar-refractivity contribution in [2.75, 3.05) is 29.2 Å². The first kappa shape index (κ1) is 62.5. The van der Waals surface area contributed by atoms with Crippen LogP contribution in [0.15, 0.2) is 178 Å². The number of methoxy groups -OCH3 is 1. The minimum atomic E-state index is -1.06. The van der Waals surface area contributed by atoms with Crippen molar-refractivity contribution in [3.05, 3.63) is 218 Å². The fourth-order valence-electron chi connectivity index (χ4n) is 9.36. The van der Waals surface area contributed by atoms with E-state index in [0.29, 0.717) is 56.6 Å². The molecule has 0 fully saturated rings. The molecule has 2 aliphatic rings. The Morgan fingerprint density at radius 1 is 0.670 bits per heavy atom. The first-order valence-electron chi connectivity index (χ1n) is 27.5. The topological polar surface area (TPSA) is 308 Å². The molecule has 4 heterocycles. The largest absolute Gasteiger partial charge is 0.508 e. The number of para-hydroxylation sites is 1. The Morgan fingerprint density at radius 3 is 1.73 bits per heavy atom. The molecule has 450 valence electrons. The number of hydrazone groups is 2. The number of esters is 1. The first-order valence-corrected chi connectivity index (χ1v) is 27.5. The maximum absolute atomic E-state index is 13.1. The number of fused-ring (bicyclic) bond motifs is 1. The molecule has 10 rings (SSSR count). The van der Waals surface area contributed by atoms with Crippen LogP contribution in [0, 0.1) is 6.92 Å². The molecule has 8 aromatic rings. The zero-order valence-electron chi connectivity index (χ0n) is 48.9. The van der Waals surface area contributed by atoms with Gasteiger partial charge in [0.1, 0.15) is 23.3 Å². The number of aryl methyl sites for hydroxylation is 3. The van der Waals surface area contributed by atoms with E-state index in [1.165, 1.54) is 112 Å². The van der Waals surface area contributed by atoms with Crippen LogP contribution in [-0.2, 0) is 32.0 Å². The van der Waals surface area contributed by atoms with Crippen molar-refractivity contribution in [1.82, 2.24) is 14.3 Å². The fraction of sp³-hybridized carbons (Fsp3) is 0.167. The minimum Gasteiger partial charge on any atom is -0.508 e. The van der Waals surface area contributed by atoms with Crippen molar-refractivity contribution in [2.24, 2.45) is 10.2 Å². The number of aromatic carboxylic acids is 3. The van der Waals surface area contributed by atoms with Gasteiger partial charge in [-0.1, -0.05) is 44.2 Å². The summed E-state index contributed by atoms with van der Waals surface area (Å²) in [5.74, 6) is -3.24. The maximum atomic E-state index is 13.1. The van der Waals surface area contributed by atoms with Gasteiger partial charge in [0, 0.05) is 34.4 Å². The van der Waals surface area contributed by atoms with E-state index in [1.807, 2.05) is 47.2 Å². The van der Waals surface area contributed by atoms with E-state index in [1.54, 1.807) is 64.1 Å². The third kappa shape index (κ3) is 14.2. The molecule has 6 aromatic carbocycles. The Bertz CT molecular complexity index is 4200. The number of allylic oxidation sites excluding steroid dienone is 2. The van der Waals surface area contributed by atoms with Crippen LogP contribution in [0.1, 0.15) is 99.7 Å². The number of ether oxygens (including phenoxy) is 2. The van der Waals surface area contributed by atoms with Gasteiger partial charge in [0.25, 0.3) is 17.4 Å². The van der Waals surface area contributed by atoms with Crippen LogP contribution in [0.4, 0.5) is 17.1 Å². The third-order valence-corrected chi connectivity index (χ3v) is 14.2. The zero-order valence-corrected chi connectivity index (χ0v) is 48.9. The summed E-state index contributed by atoms with van der Waals surface area (Å²) in [6, 6.07) is 35.3. The number of nitrogens with zero attached hydrogens (tertiary/aromatic N) is 6. The number of anilines is 3. The van der Waals surface area contributed by atoms with Gasteiger partial charge in [0.15, 0.2) is 6.73 Å². The van der Waals surface area contributed by atoms with Gasteiger partial charge in [-0.25, -0.2) is 23.9 Å². The molecular weight excluding hydrogens is 1130 g/mol. The number of aromatic hydroxyl groups is 2. The second-order valence-corrected chi connectivity index (χ2v) is 20.0. The zero-order chi connectivity index (χ0) is 63.5. The highest BCUT2D eigenvalue weighted by atomic mass is 16.5. The summed E-state index contributed by atoms with van der Waals surface area (Å²) >= 11 is 0. The minimum absolute atomic E-state index is 0.0768. The Kier molecular flexibility index (Phi) is 19.5. The molecule has 0 saturated carbocycles. The molecule has 7 N–H and O–H groups in total. The normalized spacial score (nSPS) is 14.1. The van der Waals surface area contributed by atoms with Crippen LogP contribution >= 0.6 is 0 Å². The van der Waals surface area contributed by atoms with E-state index in [-0.39, 0.29) is 58.3 Å². The van der Waals surface area contributed by atoms with Gasteiger partial charge >= 0.3 is 23.9 Å². The number of carbonyl (C=O) groups excluding carboxylic acids is 3. The summed E-state index contributed by atoms with van der Waals surface area (Å²) < 4.78 is 13.7. The lowest BCUT2D eigenvalue weighted by Crippen LogP contribution is -2.21. The molecule has 0 saturated heterocycles. The second kappa shape index (κ2) is 27.4. The Balaban J connectivity index is 0.000000176. The number of phenols is 2.